The highest BCUT2D eigenvalue weighted by atomic mass is 16.4. The van der Waals surface area contributed by atoms with Gasteiger partial charge in [0.15, 0.2) is 0 Å². The molecule has 3 rings (SSSR count). The van der Waals surface area contributed by atoms with E-state index >= 15 is 0 Å². The number of likely N-dealkylation sites (tertiary alicyclic amines) is 1. The molecule has 6 nitrogen and oxygen atoms in total. The van der Waals surface area contributed by atoms with E-state index in [9.17, 15) is 4.79 Å². The number of nitrogens with zero attached hydrogens (tertiary/aromatic N) is 2. The number of H-pyrrole nitrogens is 1. The lowest BCUT2D eigenvalue weighted by Gasteiger charge is -2.17. The number of amides is 1. The van der Waals surface area contributed by atoms with Crippen molar-refractivity contribution in [3.05, 3.63) is 24.3 Å². The maximum atomic E-state index is 11.0. The Bertz CT molecular complexity index is 577. The van der Waals surface area contributed by atoms with E-state index in [1.54, 1.807) is 0 Å². The lowest BCUT2D eigenvalue weighted by molar-refractivity contribution is 0.147. The third-order valence-corrected chi connectivity index (χ3v) is 3.73. The summed E-state index contributed by atoms with van der Waals surface area (Å²) >= 11 is 0. The number of imidazole rings is 1. The van der Waals surface area contributed by atoms with Gasteiger partial charge in [-0.3, -0.25) is 0 Å². The standard InChI is InChI=1S/C14H18N4O2/c19-14(20)18-8-3-4-10(7-9-18)15-13-16-11-5-1-2-6-12(11)17-13/h1-2,5-6,10H,3-4,7-9H2,(H,19,20)(H2,15,16,17). The zero-order valence-corrected chi connectivity index (χ0v) is 11.2. The monoisotopic (exact) mass is 274 g/mol. The molecule has 3 N–H and O–H groups in total. The lowest BCUT2D eigenvalue weighted by Crippen LogP contribution is -2.31. The summed E-state index contributed by atoms with van der Waals surface area (Å²) in [4.78, 5) is 20.2. The van der Waals surface area contributed by atoms with Gasteiger partial charge < -0.3 is 20.3 Å². The van der Waals surface area contributed by atoms with Crippen LogP contribution in [0.25, 0.3) is 11.0 Å². The fraction of sp³-hybridized carbons (Fsp3) is 0.429. The first-order chi connectivity index (χ1) is 9.72. The number of para-hydroxylation sites is 2. The van der Waals surface area contributed by atoms with Crippen molar-refractivity contribution in [2.24, 2.45) is 0 Å². The second-order valence-electron chi connectivity index (χ2n) is 5.14. The predicted octanol–water partition coefficient (Wildman–Crippen LogP) is 2.51. The molecule has 0 saturated carbocycles. The molecular weight excluding hydrogens is 256 g/mol. The van der Waals surface area contributed by atoms with Crippen LogP contribution in [0.15, 0.2) is 24.3 Å². The number of carboxylic acid groups (broad SMARTS) is 1. The number of nitrogens with one attached hydrogen (secondary N) is 2. The Morgan fingerprint density at radius 1 is 1.35 bits per heavy atom. The summed E-state index contributed by atoms with van der Waals surface area (Å²) in [5.74, 6) is 0.764. The Labute approximate surface area is 116 Å². The van der Waals surface area contributed by atoms with Gasteiger partial charge in [0.25, 0.3) is 0 Å². The molecule has 1 aliphatic heterocycles. The largest absolute Gasteiger partial charge is 0.465 e. The summed E-state index contributed by atoms with van der Waals surface area (Å²) < 4.78 is 0. The Morgan fingerprint density at radius 2 is 2.20 bits per heavy atom. The summed E-state index contributed by atoms with van der Waals surface area (Å²) in [6, 6.07) is 8.16. The van der Waals surface area contributed by atoms with Crippen molar-refractivity contribution in [2.75, 3.05) is 18.4 Å². The van der Waals surface area contributed by atoms with Crippen LogP contribution in [-0.4, -0.2) is 45.2 Å². The van der Waals surface area contributed by atoms with Gasteiger partial charge in [-0.15, -0.1) is 0 Å². The normalized spacial score (nSPS) is 19.8. The zero-order chi connectivity index (χ0) is 13.9. The Kier molecular flexibility index (Phi) is 3.45. The Hall–Kier alpha value is -2.24. The second-order valence-corrected chi connectivity index (χ2v) is 5.14. The van der Waals surface area contributed by atoms with Crippen LogP contribution in [0.2, 0.25) is 0 Å². The zero-order valence-electron chi connectivity index (χ0n) is 11.2. The summed E-state index contributed by atoms with van der Waals surface area (Å²) in [6.07, 6.45) is 1.82. The summed E-state index contributed by atoms with van der Waals surface area (Å²) in [7, 11) is 0. The number of aromatic amines is 1. The fourth-order valence-electron chi connectivity index (χ4n) is 2.65. The molecule has 1 aliphatic rings. The van der Waals surface area contributed by atoms with Crippen molar-refractivity contribution in [1.82, 2.24) is 14.9 Å². The molecule has 6 heteroatoms. The summed E-state index contributed by atoms with van der Waals surface area (Å²) in [5.41, 5.74) is 1.95. The molecule has 106 valence electrons. The molecule has 1 atom stereocenters. The Morgan fingerprint density at radius 3 is 3.00 bits per heavy atom. The average molecular weight is 274 g/mol. The van der Waals surface area contributed by atoms with E-state index in [-0.39, 0.29) is 6.04 Å². The minimum atomic E-state index is -0.825. The number of hydrogen-bond donors (Lipinski definition) is 3. The average Bonchev–Trinajstić information content (AvgIpc) is 2.68. The van der Waals surface area contributed by atoms with E-state index in [0.717, 1.165) is 36.2 Å². The van der Waals surface area contributed by atoms with E-state index in [2.05, 4.69) is 15.3 Å². The number of fused-ring (bicyclic) bond motifs is 1. The molecule has 1 aromatic heterocycles. The van der Waals surface area contributed by atoms with Gasteiger partial charge in [-0.25, -0.2) is 9.78 Å². The van der Waals surface area contributed by atoms with Gasteiger partial charge in [-0.2, -0.15) is 0 Å². The first-order valence-electron chi connectivity index (χ1n) is 6.91. The molecule has 20 heavy (non-hydrogen) atoms. The van der Waals surface area contributed by atoms with E-state index in [1.165, 1.54) is 4.90 Å². The maximum Gasteiger partial charge on any atom is 0.407 e. The molecule has 1 amide bonds. The topological polar surface area (TPSA) is 81.2 Å². The highest BCUT2D eigenvalue weighted by molar-refractivity contribution is 5.77. The molecule has 0 spiro atoms. The van der Waals surface area contributed by atoms with Gasteiger partial charge in [-0.05, 0) is 31.4 Å². The van der Waals surface area contributed by atoms with Crippen LogP contribution < -0.4 is 5.32 Å². The molecular formula is C14H18N4O2. The van der Waals surface area contributed by atoms with Crippen molar-refractivity contribution >= 4 is 23.1 Å². The third-order valence-electron chi connectivity index (χ3n) is 3.73. The second kappa shape index (κ2) is 5.40. The van der Waals surface area contributed by atoms with Crippen LogP contribution in [0, 0.1) is 0 Å². The van der Waals surface area contributed by atoms with E-state index in [4.69, 9.17) is 5.11 Å². The van der Waals surface area contributed by atoms with Crippen LogP contribution in [0.3, 0.4) is 0 Å². The van der Waals surface area contributed by atoms with Gasteiger partial charge in [0.05, 0.1) is 11.0 Å². The van der Waals surface area contributed by atoms with Crippen molar-refractivity contribution in [2.45, 2.75) is 25.3 Å². The van der Waals surface area contributed by atoms with Crippen molar-refractivity contribution in [1.29, 1.82) is 0 Å². The van der Waals surface area contributed by atoms with E-state index in [0.29, 0.717) is 13.1 Å². The van der Waals surface area contributed by atoms with Crippen molar-refractivity contribution in [3.63, 3.8) is 0 Å². The number of hydrogen-bond acceptors (Lipinski definition) is 3. The van der Waals surface area contributed by atoms with Gasteiger partial charge in [0.1, 0.15) is 0 Å². The van der Waals surface area contributed by atoms with Gasteiger partial charge in [-0.1, -0.05) is 12.1 Å². The van der Waals surface area contributed by atoms with Crippen molar-refractivity contribution in [3.8, 4) is 0 Å². The maximum absolute atomic E-state index is 11.0. The van der Waals surface area contributed by atoms with Crippen LogP contribution >= 0.6 is 0 Å². The van der Waals surface area contributed by atoms with Gasteiger partial charge in [0, 0.05) is 19.1 Å². The highest BCUT2D eigenvalue weighted by Crippen LogP contribution is 2.18. The first-order valence-corrected chi connectivity index (χ1v) is 6.91. The molecule has 0 aliphatic carbocycles. The highest BCUT2D eigenvalue weighted by Gasteiger charge is 2.20. The predicted molar refractivity (Wildman–Crippen MR) is 77.0 cm³/mol. The third kappa shape index (κ3) is 2.68. The van der Waals surface area contributed by atoms with E-state index in [1.807, 2.05) is 24.3 Å². The van der Waals surface area contributed by atoms with Crippen LogP contribution in [0.5, 0.6) is 0 Å². The quantitative estimate of drug-likeness (QED) is 0.786. The molecule has 0 bridgehead atoms. The van der Waals surface area contributed by atoms with Gasteiger partial charge >= 0.3 is 6.09 Å². The number of aromatic nitrogens is 2. The molecule has 1 saturated heterocycles. The van der Waals surface area contributed by atoms with Crippen molar-refractivity contribution < 1.29 is 9.90 Å². The molecule has 1 fully saturated rings. The number of anilines is 1. The van der Waals surface area contributed by atoms with Crippen LogP contribution in [0.1, 0.15) is 19.3 Å². The summed E-state index contributed by atoms with van der Waals surface area (Å²) in [6.45, 7) is 1.20. The molecule has 1 aromatic carbocycles. The fourth-order valence-corrected chi connectivity index (χ4v) is 2.65. The van der Waals surface area contributed by atoms with Crippen LogP contribution in [-0.2, 0) is 0 Å². The molecule has 2 heterocycles. The molecule has 2 aromatic rings. The van der Waals surface area contributed by atoms with Gasteiger partial charge in [0.2, 0.25) is 5.95 Å². The molecule has 0 radical (unpaired) electrons. The minimum absolute atomic E-state index is 0.264. The first kappa shape index (κ1) is 12.8. The van der Waals surface area contributed by atoms with Crippen LogP contribution in [0.4, 0.5) is 10.7 Å². The van der Waals surface area contributed by atoms with E-state index < -0.39 is 6.09 Å². The number of benzene rings is 1. The SMILES string of the molecule is O=C(O)N1CCCC(Nc2nc3ccccc3[nH]2)CC1. The Balaban J connectivity index is 1.66. The molecule has 1 unspecified atom stereocenters. The smallest absolute Gasteiger partial charge is 0.407 e. The number of carbonyl (C=O) groups is 1. The lowest BCUT2D eigenvalue weighted by atomic mass is 10.1. The number of rotatable bonds is 2. The summed E-state index contributed by atoms with van der Waals surface area (Å²) in [5, 5.41) is 12.4. The minimum Gasteiger partial charge on any atom is -0.465 e.